The van der Waals surface area contributed by atoms with E-state index >= 15 is 0 Å². The van der Waals surface area contributed by atoms with Crippen LogP contribution in [0.2, 0.25) is 0 Å². The van der Waals surface area contributed by atoms with Crippen molar-refractivity contribution in [2.75, 3.05) is 0 Å². The Morgan fingerprint density at radius 3 is 1.91 bits per heavy atom. The molecule has 0 aliphatic carbocycles. The highest BCUT2D eigenvalue weighted by atomic mass is 16.4. The van der Waals surface area contributed by atoms with Gasteiger partial charge in [0.25, 0.3) is 0 Å². The number of para-hydroxylation sites is 1. The fourth-order valence-corrected chi connectivity index (χ4v) is 4.15. The summed E-state index contributed by atoms with van der Waals surface area (Å²) in [6.07, 6.45) is 2.13. The van der Waals surface area contributed by atoms with E-state index in [1.807, 2.05) is 91.9 Å². The van der Waals surface area contributed by atoms with Crippen LogP contribution < -0.4 is 5.63 Å². The molecule has 0 saturated heterocycles. The van der Waals surface area contributed by atoms with Gasteiger partial charge in [-0.05, 0) is 46.9 Å². The van der Waals surface area contributed by atoms with Gasteiger partial charge in [-0.1, -0.05) is 103 Å². The molecule has 0 fully saturated rings. The Morgan fingerprint density at radius 1 is 0.688 bits per heavy atom. The van der Waals surface area contributed by atoms with Crippen LogP contribution in [-0.2, 0) is 0 Å². The summed E-state index contributed by atoms with van der Waals surface area (Å²) in [4.78, 5) is 13.3. The van der Waals surface area contributed by atoms with Crippen molar-refractivity contribution in [2.45, 2.75) is 6.92 Å². The Kier molecular flexibility index (Phi) is 5.27. The van der Waals surface area contributed by atoms with E-state index in [1.54, 1.807) is 0 Å². The lowest BCUT2D eigenvalue weighted by Gasteiger charge is -2.14. The molecular formula is C30H22O2. The summed E-state index contributed by atoms with van der Waals surface area (Å²) < 4.78 is 5.75. The van der Waals surface area contributed by atoms with E-state index in [2.05, 4.69) is 30.3 Å². The van der Waals surface area contributed by atoms with Gasteiger partial charge in [0.15, 0.2) is 0 Å². The summed E-state index contributed by atoms with van der Waals surface area (Å²) in [5, 5.41) is 0.912. The number of aryl methyl sites for hydroxylation is 1. The van der Waals surface area contributed by atoms with Gasteiger partial charge in [0.2, 0.25) is 0 Å². The Morgan fingerprint density at radius 2 is 1.25 bits per heavy atom. The van der Waals surface area contributed by atoms with Gasteiger partial charge < -0.3 is 4.42 Å². The van der Waals surface area contributed by atoms with E-state index in [4.69, 9.17) is 4.42 Å². The number of hydrogen-bond acceptors (Lipinski definition) is 2. The molecule has 154 valence electrons. The molecule has 0 spiro atoms. The molecule has 1 heterocycles. The third kappa shape index (κ3) is 3.67. The zero-order valence-electron chi connectivity index (χ0n) is 17.8. The fourth-order valence-electron chi connectivity index (χ4n) is 4.15. The highest BCUT2D eigenvalue weighted by Crippen LogP contribution is 2.34. The molecule has 1 aromatic heterocycles. The zero-order valence-corrected chi connectivity index (χ0v) is 17.8. The maximum absolute atomic E-state index is 13.3. The number of benzene rings is 4. The molecule has 5 aromatic rings. The van der Waals surface area contributed by atoms with Crippen LogP contribution in [0.4, 0.5) is 0 Å². The van der Waals surface area contributed by atoms with E-state index in [9.17, 15) is 4.79 Å². The van der Waals surface area contributed by atoms with Crippen molar-refractivity contribution in [3.05, 3.63) is 142 Å². The van der Waals surface area contributed by atoms with Gasteiger partial charge in [0.05, 0.1) is 5.56 Å². The summed E-state index contributed by atoms with van der Waals surface area (Å²) in [6, 6.07) is 36.2. The molecule has 0 N–H and O–H groups in total. The Bertz CT molecular complexity index is 1430. The first-order valence-electron chi connectivity index (χ1n) is 10.7. The molecule has 2 nitrogen and oxygen atoms in total. The third-order valence-corrected chi connectivity index (χ3v) is 5.73. The molecule has 32 heavy (non-hydrogen) atoms. The molecule has 4 aromatic carbocycles. The first-order valence-corrected chi connectivity index (χ1v) is 10.7. The predicted molar refractivity (Wildman–Crippen MR) is 133 cm³/mol. The van der Waals surface area contributed by atoms with Gasteiger partial charge in [-0.25, -0.2) is 4.79 Å². The molecule has 0 bridgehead atoms. The SMILES string of the molecule is Cc1ccccc1-c1c(C=C(c2ccccc2)c2ccccc2)c2ccccc2oc1=O. The minimum atomic E-state index is -0.329. The lowest BCUT2D eigenvalue weighted by molar-refractivity contribution is 0.563. The maximum Gasteiger partial charge on any atom is 0.344 e. The predicted octanol–water partition coefficient (Wildman–Crippen LogP) is 7.36. The molecule has 0 aliphatic heterocycles. The van der Waals surface area contributed by atoms with Gasteiger partial charge in [-0.15, -0.1) is 0 Å². The monoisotopic (exact) mass is 414 g/mol. The summed E-state index contributed by atoms with van der Waals surface area (Å²) in [5.74, 6) is 0. The third-order valence-electron chi connectivity index (χ3n) is 5.73. The van der Waals surface area contributed by atoms with Gasteiger partial charge in [-0.3, -0.25) is 0 Å². The summed E-state index contributed by atoms with van der Waals surface area (Å²) in [6.45, 7) is 2.02. The van der Waals surface area contributed by atoms with Gasteiger partial charge in [0.1, 0.15) is 5.58 Å². The minimum Gasteiger partial charge on any atom is -0.422 e. The molecular weight excluding hydrogens is 392 g/mol. The number of hydrogen-bond donors (Lipinski definition) is 0. The quantitative estimate of drug-likeness (QED) is 0.288. The maximum atomic E-state index is 13.3. The summed E-state index contributed by atoms with van der Waals surface area (Å²) >= 11 is 0. The smallest absolute Gasteiger partial charge is 0.344 e. The van der Waals surface area contributed by atoms with E-state index in [0.29, 0.717) is 11.1 Å². The molecule has 0 amide bonds. The second-order valence-electron chi connectivity index (χ2n) is 7.78. The average Bonchev–Trinajstić information content (AvgIpc) is 2.84. The van der Waals surface area contributed by atoms with E-state index in [1.165, 1.54) is 0 Å². The lowest BCUT2D eigenvalue weighted by atomic mass is 9.90. The molecule has 0 unspecified atom stereocenters. The number of rotatable bonds is 4. The van der Waals surface area contributed by atoms with Crippen LogP contribution in [0.25, 0.3) is 33.7 Å². The highest BCUT2D eigenvalue weighted by Gasteiger charge is 2.18. The minimum absolute atomic E-state index is 0.329. The standard InChI is InChI=1S/C30H22O2/c1-21-12-8-9-17-24(21)29-27(25-18-10-11-19-28(25)32-30(29)31)20-26(22-13-4-2-5-14-22)23-15-6-3-7-16-23/h2-20H,1H3. The van der Waals surface area contributed by atoms with Crippen molar-refractivity contribution in [3.8, 4) is 11.1 Å². The van der Waals surface area contributed by atoms with E-state index in [-0.39, 0.29) is 5.63 Å². The summed E-state index contributed by atoms with van der Waals surface area (Å²) in [5.41, 5.74) is 6.87. The molecule has 2 heteroatoms. The Balaban J connectivity index is 1.90. The highest BCUT2D eigenvalue weighted by molar-refractivity contribution is 6.02. The Hall–Kier alpha value is -4.17. The van der Waals surface area contributed by atoms with Crippen LogP contribution in [0.3, 0.4) is 0 Å². The molecule has 0 aliphatic rings. The normalized spacial score (nSPS) is 10.8. The van der Waals surface area contributed by atoms with Crippen LogP contribution in [0, 0.1) is 6.92 Å². The summed E-state index contributed by atoms with van der Waals surface area (Å²) in [7, 11) is 0. The molecule has 0 atom stereocenters. The van der Waals surface area contributed by atoms with E-state index < -0.39 is 0 Å². The lowest BCUT2D eigenvalue weighted by Crippen LogP contribution is -2.07. The molecule has 0 saturated carbocycles. The topological polar surface area (TPSA) is 30.2 Å². The van der Waals surface area contributed by atoms with Crippen molar-refractivity contribution in [1.82, 2.24) is 0 Å². The molecule has 5 rings (SSSR count). The Labute approximate surface area is 187 Å². The number of fused-ring (bicyclic) bond motifs is 1. The fraction of sp³-hybridized carbons (Fsp3) is 0.0333. The van der Waals surface area contributed by atoms with Crippen LogP contribution in [0.15, 0.2) is 118 Å². The van der Waals surface area contributed by atoms with Crippen LogP contribution in [-0.4, -0.2) is 0 Å². The molecule has 0 radical (unpaired) electrons. The largest absolute Gasteiger partial charge is 0.422 e. The van der Waals surface area contributed by atoms with Crippen LogP contribution >= 0.6 is 0 Å². The zero-order chi connectivity index (χ0) is 21.9. The first kappa shape index (κ1) is 19.8. The van der Waals surface area contributed by atoms with Crippen molar-refractivity contribution in [2.24, 2.45) is 0 Å². The van der Waals surface area contributed by atoms with Crippen LogP contribution in [0.1, 0.15) is 22.3 Å². The van der Waals surface area contributed by atoms with Gasteiger partial charge in [0, 0.05) is 10.9 Å². The van der Waals surface area contributed by atoms with Crippen molar-refractivity contribution in [1.29, 1.82) is 0 Å². The van der Waals surface area contributed by atoms with Crippen molar-refractivity contribution >= 4 is 22.6 Å². The van der Waals surface area contributed by atoms with E-state index in [0.717, 1.165) is 38.8 Å². The van der Waals surface area contributed by atoms with Gasteiger partial charge in [-0.2, -0.15) is 0 Å². The van der Waals surface area contributed by atoms with Gasteiger partial charge >= 0.3 is 5.63 Å². The van der Waals surface area contributed by atoms with Crippen molar-refractivity contribution in [3.63, 3.8) is 0 Å². The first-order chi connectivity index (χ1) is 15.7. The van der Waals surface area contributed by atoms with Crippen molar-refractivity contribution < 1.29 is 4.42 Å². The van der Waals surface area contributed by atoms with Crippen LogP contribution in [0.5, 0.6) is 0 Å². The second kappa shape index (κ2) is 8.52. The average molecular weight is 415 g/mol. The second-order valence-corrected chi connectivity index (χ2v) is 7.78.